The Hall–Kier alpha value is -0.860. The largest absolute Gasteiger partial charge is 0.353 e. The highest BCUT2D eigenvalue weighted by atomic mass is 127. The average molecular weight is 463 g/mol. The summed E-state index contributed by atoms with van der Waals surface area (Å²) in [7, 11) is 1.79. The summed E-state index contributed by atoms with van der Waals surface area (Å²) in [5.74, 6) is 1.33. The van der Waals surface area contributed by atoms with Crippen LogP contribution in [-0.4, -0.2) is 24.0 Å². The van der Waals surface area contributed by atoms with Crippen molar-refractivity contribution in [3.63, 3.8) is 0 Å². The first kappa shape index (κ1) is 18.5. The van der Waals surface area contributed by atoms with Crippen LogP contribution in [0.1, 0.15) is 27.8 Å². The maximum absolute atomic E-state index is 6.05. The van der Waals surface area contributed by atoms with Gasteiger partial charge in [0.15, 0.2) is 5.96 Å². The van der Waals surface area contributed by atoms with Crippen molar-refractivity contribution in [2.24, 2.45) is 4.99 Å². The minimum atomic E-state index is 0. The fraction of sp³-hybridized carbons (Fsp3) is 0.375. The van der Waals surface area contributed by atoms with Gasteiger partial charge in [0.2, 0.25) is 0 Å². The number of benzene rings is 1. The summed E-state index contributed by atoms with van der Waals surface area (Å²) in [5, 5.41) is 8.64. The van der Waals surface area contributed by atoms with Gasteiger partial charge in [0, 0.05) is 35.1 Å². The lowest BCUT2D eigenvalue weighted by Gasteiger charge is -2.11. The molecule has 23 heavy (non-hydrogen) atoms. The molecular formula is C16H20ClIN4S. The molecule has 124 valence electrons. The Morgan fingerprint density at radius 1 is 1.48 bits per heavy atom. The molecule has 0 saturated heterocycles. The zero-order valence-electron chi connectivity index (χ0n) is 13.0. The maximum atomic E-state index is 6.05. The molecule has 1 heterocycles. The smallest absolute Gasteiger partial charge is 0.191 e. The van der Waals surface area contributed by atoms with Crippen LogP contribution in [0.2, 0.25) is 5.02 Å². The van der Waals surface area contributed by atoms with E-state index < -0.39 is 0 Å². The third-order valence-electron chi connectivity index (χ3n) is 3.69. The lowest BCUT2D eigenvalue weighted by Crippen LogP contribution is -2.38. The molecule has 1 aliphatic rings. The average Bonchev–Trinajstić information content (AvgIpc) is 3.16. The molecule has 0 radical (unpaired) electrons. The first-order chi connectivity index (χ1) is 10.7. The van der Waals surface area contributed by atoms with E-state index in [1.54, 1.807) is 18.4 Å². The number of guanidine groups is 1. The molecular weight excluding hydrogens is 443 g/mol. The van der Waals surface area contributed by atoms with Crippen molar-refractivity contribution in [2.45, 2.75) is 31.8 Å². The Labute approximate surface area is 162 Å². The van der Waals surface area contributed by atoms with Gasteiger partial charge in [-0.05, 0) is 31.0 Å². The van der Waals surface area contributed by atoms with E-state index in [1.807, 2.05) is 24.4 Å². The van der Waals surface area contributed by atoms with Gasteiger partial charge in [-0.3, -0.25) is 4.99 Å². The molecule has 7 heteroatoms. The second-order valence-electron chi connectivity index (χ2n) is 5.44. The predicted molar refractivity (Wildman–Crippen MR) is 108 cm³/mol. The highest BCUT2D eigenvalue weighted by Crippen LogP contribution is 2.41. The summed E-state index contributed by atoms with van der Waals surface area (Å²) >= 11 is 7.76. The molecule has 0 amide bonds. The molecule has 2 N–H and O–H groups in total. The Balaban J connectivity index is 0.00000192. The van der Waals surface area contributed by atoms with E-state index in [0.717, 1.165) is 22.4 Å². The number of nitrogens with one attached hydrogen (secondary N) is 2. The number of aryl methyl sites for hydroxylation is 1. The van der Waals surface area contributed by atoms with Crippen molar-refractivity contribution >= 4 is 52.9 Å². The van der Waals surface area contributed by atoms with Gasteiger partial charge < -0.3 is 10.6 Å². The number of halogens is 2. The van der Waals surface area contributed by atoms with E-state index in [0.29, 0.717) is 18.5 Å². The highest BCUT2D eigenvalue weighted by molar-refractivity contribution is 14.0. The number of hydrogen-bond donors (Lipinski definition) is 2. The third-order valence-corrected chi connectivity index (χ3v) is 4.84. The molecule has 1 saturated carbocycles. The molecule has 0 aliphatic heterocycles. The predicted octanol–water partition coefficient (Wildman–Crippen LogP) is 3.94. The van der Waals surface area contributed by atoms with E-state index in [9.17, 15) is 0 Å². The van der Waals surface area contributed by atoms with Crippen molar-refractivity contribution in [2.75, 3.05) is 7.05 Å². The van der Waals surface area contributed by atoms with Crippen LogP contribution in [0.5, 0.6) is 0 Å². The summed E-state index contributed by atoms with van der Waals surface area (Å²) in [4.78, 5) is 9.85. The number of nitrogens with zero attached hydrogens (tertiary/aromatic N) is 2. The van der Waals surface area contributed by atoms with Crippen molar-refractivity contribution in [1.29, 1.82) is 0 Å². The topological polar surface area (TPSA) is 49.3 Å². The monoisotopic (exact) mass is 462 g/mol. The summed E-state index contributed by atoms with van der Waals surface area (Å²) in [6.45, 7) is 2.76. The van der Waals surface area contributed by atoms with Gasteiger partial charge >= 0.3 is 0 Å². The van der Waals surface area contributed by atoms with Gasteiger partial charge in [0.25, 0.3) is 0 Å². The minimum absolute atomic E-state index is 0. The van der Waals surface area contributed by atoms with Crippen molar-refractivity contribution in [3.8, 4) is 0 Å². The Morgan fingerprint density at radius 2 is 2.30 bits per heavy atom. The highest BCUT2D eigenvalue weighted by Gasteiger charge is 2.39. The van der Waals surface area contributed by atoms with Crippen LogP contribution >= 0.6 is 46.9 Å². The summed E-state index contributed by atoms with van der Waals surface area (Å²) in [5.41, 5.74) is 1.29. The molecule has 0 bridgehead atoms. The molecule has 1 aromatic carbocycles. The van der Waals surface area contributed by atoms with Crippen LogP contribution in [0.25, 0.3) is 0 Å². The van der Waals surface area contributed by atoms with E-state index in [-0.39, 0.29) is 24.0 Å². The molecule has 2 unspecified atom stereocenters. The normalized spacial score (nSPS) is 19.9. The standard InChI is InChI=1S/C16H19ClN4S.HI/c1-10-8-19-15(22-10)9-20-16(18-2)21-14-7-13(14)11-4-3-5-12(17)6-11;/h3-6,8,13-14H,7,9H2,1-2H3,(H2,18,20,21);1H. The molecule has 1 aliphatic carbocycles. The van der Waals surface area contributed by atoms with Gasteiger partial charge in [-0.1, -0.05) is 23.7 Å². The first-order valence-electron chi connectivity index (χ1n) is 7.29. The van der Waals surface area contributed by atoms with Gasteiger partial charge in [0.1, 0.15) is 5.01 Å². The zero-order valence-corrected chi connectivity index (χ0v) is 16.9. The van der Waals surface area contributed by atoms with Crippen LogP contribution in [0, 0.1) is 6.92 Å². The summed E-state index contributed by atoms with van der Waals surface area (Å²) < 4.78 is 0. The lowest BCUT2D eigenvalue weighted by molar-refractivity contribution is 0.787. The lowest BCUT2D eigenvalue weighted by atomic mass is 10.1. The molecule has 2 aromatic rings. The van der Waals surface area contributed by atoms with E-state index in [2.05, 4.69) is 33.6 Å². The fourth-order valence-electron chi connectivity index (χ4n) is 2.47. The Kier molecular flexibility index (Phi) is 6.67. The number of thiazole rings is 1. The van der Waals surface area contributed by atoms with Crippen LogP contribution < -0.4 is 10.6 Å². The van der Waals surface area contributed by atoms with E-state index in [1.165, 1.54) is 10.4 Å². The number of rotatable bonds is 4. The van der Waals surface area contributed by atoms with Crippen molar-refractivity contribution < 1.29 is 0 Å². The number of aliphatic imine (C=N–C) groups is 1. The van der Waals surface area contributed by atoms with Gasteiger partial charge in [0.05, 0.1) is 6.54 Å². The number of aromatic nitrogens is 1. The maximum Gasteiger partial charge on any atom is 0.191 e. The zero-order chi connectivity index (χ0) is 15.5. The van der Waals surface area contributed by atoms with Gasteiger partial charge in [-0.25, -0.2) is 4.98 Å². The van der Waals surface area contributed by atoms with Crippen LogP contribution in [-0.2, 0) is 6.54 Å². The van der Waals surface area contributed by atoms with Crippen molar-refractivity contribution in [3.05, 3.63) is 50.9 Å². The van der Waals surface area contributed by atoms with Crippen LogP contribution in [0.15, 0.2) is 35.5 Å². The van der Waals surface area contributed by atoms with Crippen LogP contribution in [0.4, 0.5) is 0 Å². The molecule has 2 atom stereocenters. The molecule has 1 aromatic heterocycles. The first-order valence-corrected chi connectivity index (χ1v) is 8.49. The number of hydrogen-bond acceptors (Lipinski definition) is 3. The Bertz CT molecular complexity index is 688. The SMILES string of the molecule is CN=C(NCc1ncc(C)s1)NC1CC1c1cccc(Cl)c1.I. The molecule has 4 nitrogen and oxygen atoms in total. The third kappa shape index (κ3) is 5.06. The summed E-state index contributed by atoms with van der Waals surface area (Å²) in [6.07, 6.45) is 3.01. The summed E-state index contributed by atoms with van der Waals surface area (Å²) in [6, 6.07) is 8.51. The second kappa shape index (κ2) is 8.30. The minimum Gasteiger partial charge on any atom is -0.353 e. The molecule has 0 spiro atoms. The van der Waals surface area contributed by atoms with Gasteiger partial charge in [-0.15, -0.1) is 35.3 Å². The van der Waals surface area contributed by atoms with Crippen molar-refractivity contribution in [1.82, 2.24) is 15.6 Å². The fourth-order valence-corrected chi connectivity index (χ4v) is 3.40. The second-order valence-corrected chi connectivity index (χ2v) is 7.19. The van der Waals surface area contributed by atoms with E-state index in [4.69, 9.17) is 11.6 Å². The van der Waals surface area contributed by atoms with Gasteiger partial charge in [-0.2, -0.15) is 0 Å². The molecule has 3 rings (SSSR count). The quantitative estimate of drug-likeness (QED) is 0.411. The van der Waals surface area contributed by atoms with E-state index >= 15 is 0 Å². The molecule has 1 fully saturated rings. The Morgan fingerprint density at radius 3 is 2.96 bits per heavy atom. The van der Waals surface area contributed by atoms with Crippen LogP contribution in [0.3, 0.4) is 0 Å².